The van der Waals surface area contributed by atoms with Gasteiger partial charge in [0.2, 0.25) is 0 Å². The zero-order valence-corrected chi connectivity index (χ0v) is 15.9. The first-order valence-corrected chi connectivity index (χ1v) is 8.67. The SMILES string of the molecule is CO.COc1ccc(C(CC(C)c2ccccc2C)C(C)C)cc1. The van der Waals surface area contributed by atoms with Gasteiger partial charge in [-0.15, -0.1) is 0 Å². The highest BCUT2D eigenvalue weighted by molar-refractivity contribution is 5.32. The molecular weight excluding hydrogens is 296 g/mol. The summed E-state index contributed by atoms with van der Waals surface area (Å²) in [5, 5.41) is 7.00. The van der Waals surface area contributed by atoms with Crippen molar-refractivity contribution in [1.29, 1.82) is 0 Å². The molecule has 0 saturated heterocycles. The maximum Gasteiger partial charge on any atom is 0.118 e. The minimum atomic E-state index is 0.565. The lowest BCUT2D eigenvalue weighted by Gasteiger charge is -2.26. The number of methoxy groups -OCH3 is 1. The smallest absolute Gasteiger partial charge is 0.118 e. The van der Waals surface area contributed by atoms with Gasteiger partial charge in [0.1, 0.15) is 5.75 Å². The Hall–Kier alpha value is -1.80. The summed E-state index contributed by atoms with van der Waals surface area (Å²) in [5.74, 6) is 2.69. The molecule has 0 fully saturated rings. The van der Waals surface area contributed by atoms with Crippen LogP contribution in [0.4, 0.5) is 0 Å². The van der Waals surface area contributed by atoms with E-state index in [4.69, 9.17) is 9.84 Å². The maximum absolute atomic E-state index is 7.00. The summed E-state index contributed by atoms with van der Waals surface area (Å²) in [6, 6.07) is 17.3. The Balaban J connectivity index is 0.00000139. The number of hydrogen-bond acceptors (Lipinski definition) is 2. The summed E-state index contributed by atoms with van der Waals surface area (Å²) in [7, 11) is 2.72. The van der Waals surface area contributed by atoms with Gasteiger partial charge in [0.15, 0.2) is 0 Å². The average molecular weight is 328 g/mol. The largest absolute Gasteiger partial charge is 0.497 e. The summed E-state index contributed by atoms with van der Waals surface area (Å²) >= 11 is 0. The van der Waals surface area contributed by atoms with Crippen molar-refractivity contribution < 1.29 is 9.84 Å². The van der Waals surface area contributed by atoms with Crippen molar-refractivity contribution in [2.45, 2.75) is 46.0 Å². The van der Waals surface area contributed by atoms with Gasteiger partial charge in [-0.25, -0.2) is 0 Å². The highest BCUT2D eigenvalue weighted by Crippen LogP contribution is 2.36. The van der Waals surface area contributed by atoms with E-state index in [0.717, 1.165) is 12.9 Å². The molecule has 1 N–H and O–H groups in total. The molecule has 2 heteroatoms. The molecule has 132 valence electrons. The highest BCUT2D eigenvalue weighted by atomic mass is 16.5. The van der Waals surface area contributed by atoms with Gasteiger partial charge < -0.3 is 9.84 Å². The summed E-state index contributed by atoms with van der Waals surface area (Å²) in [5.41, 5.74) is 4.28. The van der Waals surface area contributed by atoms with Crippen LogP contribution in [0.2, 0.25) is 0 Å². The van der Waals surface area contributed by atoms with E-state index < -0.39 is 0 Å². The van der Waals surface area contributed by atoms with Gasteiger partial charge >= 0.3 is 0 Å². The minimum absolute atomic E-state index is 0.565. The lowest BCUT2D eigenvalue weighted by atomic mass is 9.79. The van der Waals surface area contributed by atoms with Crippen LogP contribution >= 0.6 is 0 Å². The minimum Gasteiger partial charge on any atom is -0.497 e. The average Bonchev–Trinajstić information content (AvgIpc) is 2.61. The summed E-state index contributed by atoms with van der Waals surface area (Å²) in [4.78, 5) is 0. The topological polar surface area (TPSA) is 29.5 Å². The molecule has 2 atom stereocenters. The monoisotopic (exact) mass is 328 g/mol. The molecule has 0 saturated carbocycles. The number of benzene rings is 2. The molecule has 0 heterocycles. The molecule has 0 amide bonds. The van der Waals surface area contributed by atoms with Crippen molar-refractivity contribution in [1.82, 2.24) is 0 Å². The molecular formula is C22H32O2. The van der Waals surface area contributed by atoms with Crippen molar-refractivity contribution >= 4 is 0 Å². The van der Waals surface area contributed by atoms with Crippen molar-refractivity contribution in [3.63, 3.8) is 0 Å². The van der Waals surface area contributed by atoms with Gasteiger partial charge in [-0.1, -0.05) is 57.2 Å². The van der Waals surface area contributed by atoms with Crippen molar-refractivity contribution in [2.24, 2.45) is 5.92 Å². The molecule has 2 nitrogen and oxygen atoms in total. The van der Waals surface area contributed by atoms with E-state index in [1.165, 1.54) is 23.1 Å². The van der Waals surface area contributed by atoms with E-state index in [1.54, 1.807) is 7.11 Å². The zero-order chi connectivity index (χ0) is 18.1. The van der Waals surface area contributed by atoms with Crippen LogP contribution in [0.5, 0.6) is 5.75 Å². The van der Waals surface area contributed by atoms with Crippen molar-refractivity contribution in [3.05, 3.63) is 65.2 Å². The molecule has 2 aromatic rings. The van der Waals surface area contributed by atoms with Gasteiger partial charge in [0.05, 0.1) is 7.11 Å². The summed E-state index contributed by atoms with van der Waals surface area (Å²) < 4.78 is 5.28. The standard InChI is InChI=1S/C21H28O.CH4O/c1-15(2)21(18-10-12-19(22-5)13-11-18)14-17(4)20-9-7-6-8-16(20)3;1-2/h6-13,15,17,21H,14H2,1-5H3;2H,1H3. The van der Waals surface area contributed by atoms with E-state index in [2.05, 4.69) is 76.2 Å². The van der Waals surface area contributed by atoms with E-state index in [1.807, 2.05) is 0 Å². The number of ether oxygens (including phenoxy) is 1. The highest BCUT2D eigenvalue weighted by Gasteiger charge is 2.20. The first-order valence-electron chi connectivity index (χ1n) is 8.67. The molecule has 0 aliphatic rings. The Morgan fingerprint density at radius 1 is 0.917 bits per heavy atom. The van der Waals surface area contributed by atoms with Crippen LogP contribution in [0.25, 0.3) is 0 Å². The number of aryl methyl sites for hydroxylation is 1. The Bertz CT molecular complexity index is 587. The molecule has 2 unspecified atom stereocenters. The van der Waals surface area contributed by atoms with Crippen molar-refractivity contribution in [3.8, 4) is 5.75 Å². The van der Waals surface area contributed by atoms with Crippen molar-refractivity contribution in [2.75, 3.05) is 14.2 Å². The van der Waals surface area contributed by atoms with E-state index in [-0.39, 0.29) is 0 Å². The zero-order valence-electron chi connectivity index (χ0n) is 15.9. The fourth-order valence-electron chi connectivity index (χ4n) is 3.29. The fraction of sp³-hybridized carbons (Fsp3) is 0.455. The Morgan fingerprint density at radius 3 is 2.00 bits per heavy atom. The molecule has 2 aromatic carbocycles. The predicted molar refractivity (Wildman–Crippen MR) is 103 cm³/mol. The molecule has 0 radical (unpaired) electrons. The van der Waals surface area contributed by atoms with Crippen LogP contribution in [0.15, 0.2) is 48.5 Å². The third kappa shape index (κ3) is 5.38. The van der Waals surface area contributed by atoms with Crippen LogP contribution in [0.3, 0.4) is 0 Å². The molecule has 0 aliphatic carbocycles. The fourth-order valence-corrected chi connectivity index (χ4v) is 3.29. The van der Waals surface area contributed by atoms with Crippen LogP contribution < -0.4 is 4.74 Å². The second-order valence-electron chi connectivity index (χ2n) is 6.62. The third-order valence-electron chi connectivity index (χ3n) is 4.68. The van der Waals surface area contributed by atoms with Gasteiger partial charge in [-0.2, -0.15) is 0 Å². The lowest BCUT2D eigenvalue weighted by molar-refractivity contribution is 0.399. The second kappa shape index (κ2) is 10.1. The van der Waals surface area contributed by atoms with Crippen LogP contribution in [-0.2, 0) is 0 Å². The Morgan fingerprint density at radius 2 is 1.50 bits per heavy atom. The van der Waals surface area contributed by atoms with Crippen LogP contribution in [0.1, 0.15) is 55.7 Å². The molecule has 0 spiro atoms. The molecule has 24 heavy (non-hydrogen) atoms. The maximum atomic E-state index is 7.00. The number of rotatable bonds is 6. The van der Waals surface area contributed by atoms with Gasteiger partial charge in [0, 0.05) is 7.11 Å². The van der Waals surface area contributed by atoms with Crippen LogP contribution in [0, 0.1) is 12.8 Å². The normalized spacial score (nSPS) is 13.0. The van der Waals surface area contributed by atoms with Gasteiger partial charge in [-0.05, 0) is 59.9 Å². The lowest BCUT2D eigenvalue weighted by Crippen LogP contribution is -2.11. The van der Waals surface area contributed by atoms with Crippen LogP contribution in [-0.4, -0.2) is 19.3 Å². The Labute approximate surface area is 147 Å². The molecule has 2 rings (SSSR count). The second-order valence-corrected chi connectivity index (χ2v) is 6.62. The number of hydrogen-bond donors (Lipinski definition) is 1. The molecule has 0 aromatic heterocycles. The quantitative estimate of drug-likeness (QED) is 0.754. The summed E-state index contributed by atoms with van der Waals surface area (Å²) in [6.45, 7) is 9.20. The van der Waals surface area contributed by atoms with Gasteiger partial charge in [0.25, 0.3) is 0 Å². The predicted octanol–water partition coefficient (Wildman–Crippen LogP) is 5.55. The van der Waals surface area contributed by atoms with E-state index >= 15 is 0 Å². The number of aliphatic hydroxyl groups excluding tert-OH is 1. The van der Waals surface area contributed by atoms with Gasteiger partial charge in [-0.3, -0.25) is 0 Å². The first-order chi connectivity index (χ1) is 11.5. The number of aliphatic hydroxyl groups is 1. The summed E-state index contributed by atoms with van der Waals surface area (Å²) in [6.07, 6.45) is 1.18. The third-order valence-corrected chi connectivity index (χ3v) is 4.68. The van der Waals surface area contributed by atoms with E-state index in [0.29, 0.717) is 17.8 Å². The Kier molecular flexibility index (Phi) is 8.56. The first kappa shape index (κ1) is 20.2. The molecule has 0 bridgehead atoms. The van der Waals surface area contributed by atoms with E-state index in [9.17, 15) is 0 Å². The molecule has 0 aliphatic heterocycles.